The molecule has 10 heteroatoms. The third-order valence-electron chi connectivity index (χ3n) is 7.34. The van der Waals surface area contributed by atoms with Crippen LogP contribution in [0.1, 0.15) is 68.1 Å². The molecule has 2 aliphatic rings. The lowest BCUT2D eigenvalue weighted by molar-refractivity contribution is -0.155. The number of nitrogens with one attached hydrogen (secondary N) is 1. The van der Waals surface area contributed by atoms with Crippen LogP contribution in [0, 0.1) is 6.92 Å². The van der Waals surface area contributed by atoms with E-state index in [2.05, 4.69) is 16.8 Å². The number of amides is 2. The average molecular weight is 569 g/mol. The summed E-state index contributed by atoms with van der Waals surface area (Å²) in [7, 11) is 1.52. The minimum Gasteiger partial charge on any atom is -0.493 e. The van der Waals surface area contributed by atoms with E-state index in [4.69, 9.17) is 18.9 Å². The molecule has 10 nitrogen and oxygen atoms in total. The van der Waals surface area contributed by atoms with Crippen molar-refractivity contribution in [1.29, 1.82) is 0 Å². The highest BCUT2D eigenvalue weighted by molar-refractivity contribution is 6.00. The Hall–Kier alpha value is -3.81. The van der Waals surface area contributed by atoms with E-state index in [9.17, 15) is 19.5 Å². The molecule has 41 heavy (non-hydrogen) atoms. The van der Waals surface area contributed by atoms with Crippen molar-refractivity contribution in [2.45, 2.75) is 65.1 Å². The molecule has 0 spiro atoms. The SMILES string of the molecule is CCOc1cc([C@@H](C)N(CCOCC2=C=C=CC=C2)C(=O)N[C@]2(C(=O)O)C[C@H](OC)C2)c(C)c(OCC)c1C(C)=O. The van der Waals surface area contributed by atoms with Gasteiger partial charge < -0.3 is 34.3 Å². The number of ether oxygens (including phenoxy) is 4. The van der Waals surface area contributed by atoms with Gasteiger partial charge in [-0.15, -0.1) is 0 Å². The van der Waals surface area contributed by atoms with Crippen LogP contribution in [0.25, 0.3) is 0 Å². The van der Waals surface area contributed by atoms with E-state index in [1.165, 1.54) is 18.9 Å². The predicted molar refractivity (Wildman–Crippen MR) is 153 cm³/mol. The maximum absolute atomic E-state index is 13.8. The summed E-state index contributed by atoms with van der Waals surface area (Å²) in [5.41, 5.74) is 7.00. The largest absolute Gasteiger partial charge is 0.493 e. The van der Waals surface area contributed by atoms with Gasteiger partial charge in [-0.2, -0.15) is 0 Å². The fraction of sp³-hybridized carbons (Fsp3) is 0.516. The second kappa shape index (κ2) is 14.2. The molecule has 2 aliphatic carbocycles. The maximum atomic E-state index is 13.8. The summed E-state index contributed by atoms with van der Waals surface area (Å²) >= 11 is 0. The molecular weight excluding hydrogens is 528 g/mol. The summed E-state index contributed by atoms with van der Waals surface area (Å²) < 4.78 is 22.9. The van der Waals surface area contributed by atoms with E-state index in [-0.39, 0.29) is 44.5 Å². The Morgan fingerprint density at radius 3 is 2.49 bits per heavy atom. The molecule has 0 aromatic heterocycles. The molecule has 1 atom stereocenters. The van der Waals surface area contributed by atoms with Crippen LogP contribution in [-0.4, -0.2) is 79.5 Å². The first-order valence-electron chi connectivity index (χ1n) is 13.8. The summed E-state index contributed by atoms with van der Waals surface area (Å²) in [6.07, 6.45) is 5.54. The van der Waals surface area contributed by atoms with E-state index >= 15 is 0 Å². The van der Waals surface area contributed by atoms with E-state index in [0.717, 1.165) is 5.57 Å². The normalized spacial score (nSPS) is 19.7. The number of methoxy groups -OCH3 is 1. The van der Waals surface area contributed by atoms with Crippen molar-refractivity contribution in [3.05, 3.63) is 58.0 Å². The van der Waals surface area contributed by atoms with E-state index in [1.807, 2.05) is 39.8 Å². The van der Waals surface area contributed by atoms with Crippen LogP contribution in [0.4, 0.5) is 4.79 Å². The second-order valence-electron chi connectivity index (χ2n) is 10.0. The molecule has 1 fully saturated rings. The lowest BCUT2D eigenvalue weighted by atomic mass is 9.74. The maximum Gasteiger partial charge on any atom is 0.329 e. The summed E-state index contributed by atoms with van der Waals surface area (Å²) in [6, 6.07) is 0.651. The first-order valence-corrected chi connectivity index (χ1v) is 13.8. The highest BCUT2D eigenvalue weighted by Gasteiger charge is 2.52. The van der Waals surface area contributed by atoms with Crippen molar-refractivity contribution in [3.63, 3.8) is 0 Å². The molecule has 222 valence electrons. The van der Waals surface area contributed by atoms with Crippen molar-refractivity contribution in [3.8, 4) is 11.5 Å². The smallest absolute Gasteiger partial charge is 0.329 e. The third-order valence-corrected chi connectivity index (χ3v) is 7.34. The van der Waals surface area contributed by atoms with Crippen molar-refractivity contribution >= 4 is 17.8 Å². The van der Waals surface area contributed by atoms with Gasteiger partial charge in [0, 0.05) is 32.1 Å². The lowest BCUT2D eigenvalue weighted by Crippen LogP contribution is -2.66. The van der Waals surface area contributed by atoms with Gasteiger partial charge in [-0.1, -0.05) is 17.5 Å². The van der Waals surface area contributed by atoms with Gasteiger partial charge in [0.05, 0.1) is 38.6 Å². The summed E-state index contributed by atoms with van der Waals surface area (Å²) in [5, 5.41) is 12.7. The molecule has 0 unspecified atom stereocenters. The van der Waals surface area contributed by atoms with Crippen LogP contribution in [0.2, 0.25) is 0 Å². The zero-order chi connectivity index (χ0) is 30.2. The number of ketones is 1. The number of benzene rings is 1. The fourth-order valence-corrected chi connectivity index (χ4v) is 5.06. The van der Waals surface area contributed by atoms with E-state index in [1.54, 1.807) is 12.1 Å². The van der Waals surface area contributed by atoms with Crippen LogP contribution in [-0.2, 0) is 14.3 Å². The van der Waals surface area contributed by atoms with E-state index < -0.39 is 23.6 Å². The number of hydrogen-bond donors (Lipinski definition) is 2. The van der Waals surface area contributed by atoms with Crippen LogP contribution in [0.5, 0.6) is 11.5 Å². The number of hydrogen-bond acceptors (Lipinski definition) is 7. The lowest BCUT2D eigenvalue weighted by Gasteiger charge is -2.45. The number of nitrogens with zero attached hydrogens (tertiary/aromatic N) is 1. The van der Waals surface area contributed by atoms with Gasteiger partial charge in [0.25, 0.3) is 0 Å². The molecule has 0 saturated heterocycles. The molecule has 0 aliphatic heterocycles. The Kier molecular flexibility index (Phi) is 11.0. The van der Waals surface area contributed by atoms with Gasteiger partial charge in [-0.25, -0.2) is 9.59 Å². The number of rotatable bonds is 15. The summed E-state index contributed by atoms with van der Waals surface area (Å²) in [5.74, 6) is -0.534. The quantitative estimate of drug-likeness (QED) is 0.180. The Morgan fingerprint density at radius 1 is 1.22 bits per heavy atom. The number of Topliss-reactive ketones (excluding diaryl/α,β-unsaturated/α-hetero) is 1. The minimum absolute atomic E-state index is 0.161. The summed E-state index contributed by atoms with van der Waals surface area (Å²) in [6.45, 7) is 10.1. The number of carboxylic acid groups (broad SMARTS) is 1. The topological polar surface area (TPSA) is 124 Å². The van der Waals surface area contributed by atoms with Gasteiger partial charge in [0.2, 0.25) is 0 Å². The molecule has 0 radical (unpaired) electrons. The molecule has 2 amide bonds. The van der Waals surface area contributed by atoms with Crippen molar-refractivity contribution < 1.29 is 38.4 Å². The van der Waals surface area contributed by atoms with Crippen LogP contribution in [0.15, 0.2) is 41.3 Å². The molecular formula is C31H40N2O8. The Labute approximate surface area is 241 Å². The average Bonchev–Trinajstić information content (AvgIpc) is 2.92. The second-order valence-corrected chi connectivity index (χ2v) is 10.0. The monoisotopic (exact) mass is 568 g/mol. The number of allylic oxidation sites excluding steroid dienone is 2. The van der Waals surface area contributed by atoms with Crippen molar-refractivity contribution in [1.82, 2.24) is 10.2 Å². The summed E-state index contributed by atoms with van der Waals surface area (Å²) in [4.78, 5) is 40.1. The highest BCUT2D eigenvalue weighted by atomic mass is 16.5. The van der Waals surface area contributed by atoms with Crippen LogP contribution >= 0.6 is 0 Å². The van der Waals surface area contributed by atoms with E-state index in [0.29, 0.717) is 41.4 Å². The molecule has 0 heterocycles. The highest BCUT2D eigenvalue weighted by Crippen LogP contribution is 2.40. The van der Waals surface area contributed by atoms with Crippen LogP contribution in [0.3, 0.4) is 0 Å². The first-order chi connectivity index (χ1) is 19.6. The molecule has 1 saturated carbocycles. The Bertz CT molecular complexity index is 1280. The zero-order valence-corrected chi connectivity index (χ0v) is 24.7. The van der Waals surface area contributed by atoms with Gasteiger partial charge in [-0.05, 0) is 64.0 Å². The fourth-order valence-electron chi connectivity index (χ4n) is 5.06. The third kappa shape index (κ3) is 7.29. The molecule has 0 bridgehead atoms. The number of aliphatic carboxylic acids is 1. The standard InChI is InChI=1S/C31H40N2O8/c1-7-40-26-16-25(20(3)28(41-8-2)27(26)22(5)34)21(4)33(14-15-39-19-23-12-10-9-11-13-23)30(37)32-31(29(35)36)17-24(18-31)38-6/h9-10,12,16,21,24H,7-8,14-15,17-19H2,1-6H3,(H,32,37)(H,35,36)/t21-,24-,31+/m1/s1. The van der Waals surface area contributed by atoms with Gasteiger partial charge in [0.1, 0.15) is 22.6 Å². The van der Waals surface area contributed by atoms with Crippen LogP contribution < -0.4 is 14.8 Å². The zero-order valence-electron chi connectivity index (χ0n) is 24.7. The molecule has 2 N–H and O–H groups in total. The minimum atomic E-state index is -1.42. The van der Waals surface area contributed by atoms with Gasteiger partial charge in [0.15, 0.2) is 5.78 Å². The molecule has 3 rings (SSSR count). The Balaban J connectivity index is 1.96. The predicted octanol–water partition coefficient (Wildman–Crippen LogP) is 4.52. The number of carbonyl (C=O) groups excluding carboxylic acids is 2. The van der Waals surface area contributed by atoms with Crippen molar-refractivity contribution in [2.75, 3.05) is 40.1 Å². The van der Waals surface area contributed by atoms with Crippen molar-refractivity contribution in [2.24, 2.45) is 0 Å². The van der Waals surface area contributed by atoms with Gasteiger partial charge in [-0.3, -0.25) is 4.79 Å². The first kappa shape index (κ1) is 31.7. The number of urea groups is 1. The number of carbonyl (C=O) groups is 3. The number of carboxylic acids is 1. The Morgan fingerprint density at radius 2 is 1.93 bits per heavy atom. The molecule has 1 aromatic rings. The van der Waals surface area contributed by atoms with Gasteiger partial charge >= 0.3 is 12.0 Å². The molecule has 1 aromatic carbocycles.